The molecule has 1 N–H and O–H groups in total. The molecule has 2 atom stereocenters. The zero-order chi connectivity index (χ0) is 16.4. The summed E-state index contributed by atoms with van der Waals surface area (Å²) in [5.74, 6) is 1.51. The number of carbonyl (C=O) groups excluding carboxylic acids is 1. The monoisotopic (exact) mass is 337 g/mol. The first-order valence-electron chi connectivity index (χ1n) is 8.15. The summed E-state index contributed by atoms with van der Waals surface area (Å²) >= 11 is 0. The fraction of sp³-hybridized carbons (Fsp3) is 0.625. The number of anilines is 1. The summed E-state index contributed by atoms with van der Waals surface area (Å²) in [6, 6.07) is 3.36. The highest BCUT2D eigenvalue weighted by atomic mass is 32.2. The number of hydrogen-bond donors (Lipinski definition) is 1. The van der Waals surface area contributed by atoms with Crippen LogP contribution in [-0.4, -0.2) is 49.9 Å². The molecule has 2 aliphatic rings. The van der Waals surface area contributed by atoms with Crippen molar-refractivity contribution in [3.8, 4) is 0 Å². The molecular formula is C16H23N3O3S. The lowest BCUT2D eigenvalue weighted by atomic mass is 10.0. The molecule has 23 heavy (non-hydrogen) atoms. The van der Waals surface area contributed by atoms with Gasteiger partial charge in [-0.3, -0.25) is 4.79 Å². The van der Waals surface area contributed by atoms with Crippen LogP contribution in [0.15, 0.2) is 18.3 Å². The van der Waals surface area contributed by atoms with Gasteiger partial charge in [-0.05, 0) is 37.3 Å². The van der Waals surface area contributed by atoms with Crippen LogP contribution in [0.25, 0.3) is 0 Å². The first-order valence-corrected chi connectivity index (χ1v) is 9.97. The van der Waals surface area contributed by atoms with Crippen LogP contribution in [0.1, 0.15) is 36.5 Å². The second kappa shape index (κ2) is 6.47. The Hall–Kier alpha value is -1.63. The molecule has 1 amide bonds. The number of rotatable bonds is 3. The highest BCUT2D eigenvalue weighted by Crippen LogP contribution is 2.21. The summed E-state index contributed by atoms with van der Waals surface area (Å²) < 4.78 is 22.9. The maximum Gasteiger partial charge on any atom is 0.253 e. The van der Waals surface area contributed by atoms with E-state index >= 15 is 0 Å². The highest BCUT2D eigenvalue weighted by molar-refractivity contribution is 7.91. The number of nitrogens with one attached hydrogen (secondary N) is 1. The van der Waals surface area contributed by atoms with Crippen LogP contribution in [-0.2, 0) is 9.84 Å². The molecule has 0 aliphatic carbocycles. The minimum Gasteiger partial charge on any atom is -0.356 e. The number of nitrogens with zero attached hydrogens (tertiary/aromatic N) is 2. The molecule has 7 heteroatoms. The van der Waals surface area contributed by atoms with Crippen LogP contribution in [0.5, 0.6) is 0 Å². The molecule has 0 radical (unpaired) electrons. The zero-order valence-electron chi connectivity index (χ0n) is 13.4. The van der Waals surface area contributed by atoms with Gasteiger partial charge in [0.15, 0.2) is 9.84 Å². The summed E-state index contributed by atoms with van der Waals surface area (Å²) in [6.45, 7) is 4.24. The topological polar surface area (TPSA) is 79.4 Å². The van der Waals surface area contributed by atoms with Gasteiger partial charge in [0.2, 0.25) is 0 Å². The Kier molecular flexibility index (Phi) is 4.57. The van der Waals surface area contributed by atoms with E-state index in [1.807, 2.05) is 6.07 Å². The van der Waals surface area contributed by atoms with Gasteiger partial charge in [-0.15, -0.1) is 0 Å². The molecule has 126 valence electrons. The van der Waals surface area contributed by atoms with Gasteiger partial charge in [0.05, 0.1) is 17.1 Å². The van der Waals surface area contributed by atoms with Crippen molar-refractivity contribution < 1.29 is 13.2 Å². The summed E-state index contributed by atoms with van der Waals surface area (Å²) in [7, 11) is -2.99. The van der Waals surface area contributed by atoms with Crippen LogP contribution in [0.3, 0.4) is 0 Å². The van der Waals surface area contributed by atoms with Crippen LogP contribution in [0, 0.1) is 5.92 Å². The van der Waals surface area contributed by atoms with Gasteiger partial charge < -0.3 is 10.2 Å². The molecule has 1 aromatic heterocycles. The van der Waals surface area contributed by atoms with Crippen molar-refractivity contribution in [1.29, 1.82) is 0 Å². The van der Waals surface area contributed by atoms with E-state index in [2.05, 4.69) is 22.1 Å². The second-order valence-electron chi connectivity index (χ2n) is 6.67. The number of amides is 1. The quantitative estimate of drug-likeness (QED) is 0.897. The standard InChI is InChI=1S/C16H23N3O3S/c1-12-3-2-7-19(10-12)15-5-4-13(9-17-15)16(20)18-14-6-8-23(21,22)11-14/h4-5,9,12,14H,2-3,6-8,10-11H2,1H3,(H,18,20). The van der Waals surface area contributed by atoms with E-state index in [9.17, 15) is 13.2 Å². The largest absolute Gasteiger partial charge is 0.356 e. The summed E-state index contributed by atoms with van der Waals surface area (Å²) in [5.41, 5.74) is 0.475. The number of carbonyl (C=O) groups is 1. The van der Waals surface area contributed by atoms with Gasteiger partial charge in [-0.1, -0.05) is 6.92 Å². The van der Waals surface area contributed by atoms with Crippen molar-refractivity contribution in [3.05, 3.63) is 23.9 Å². The average molecular weight is 337 g/mol. The first kappa shape index (κ1) is 16.2. The van der Waals surface area contributed by atoms with Crippen molar-refractivity contribution in [2.75, 3.05) is 29.5 Å². The Bertz CT molecular complexity index is 672. The maximum atomic E-state index is 12.2. The number of aromatic nitrogens is 1. The molecule has 2 saturated heterocycles. The van der Waals surface area contributed by atoms with E-state index in [1.165, 1.54) is 12.8 Å². The third kappa shape index (κ3) is 4.02. The first-order chi connectivity index (χ1) is 10.9. The second-order valence-corrected chi connectivity index (χ2v) is 8.90. The molecule has 0 aromatic carbocycles. The van der Waals surface area contributed by atoms with Gasteiger partial charge >= 0.3 is 0 Å². The molecule has 3 heterocycles. The molecule has 0 bridgehead atoms. The van der Waals surface area contributed by atoms with Crippen LogP contribution in [0.4, 0.5) is 5.82 Å². The van der Waals surface area contributed by atoms with Gasteiger partial charge in [-0.25, -0.2) is 13.4 Å². The van der Waals surface area contributed by atoms with Gasteiger partial charge in [0, 0.05) is 25.3 Å². The zero-order valence-corrected chi connectivity index (χ0v) is 14.2. The fourth-order valence-electron chi connectivity index (χ4n) is 3.28. The van der Waals surface area contributed by atoms with Gasteiger partial charge in [0.1, 0.15) is 5.82 Å². The smallest absolute Gasteiger partial charge is 0.253 e. The third-order valence-electron chi connectivity index (χ3n) is 4.56. The number of piperidine rings is 1. The summed E-state index contributed by atoms with van der Waals surface area (Å²) in [5, 5.41) is 2.79. The Morgan fingerprint density at radius 1 is 1.35 bits per heavy atom. The Balaban J connectivity index is 1.61. The lowest BCUT2D eigenvalue weighted by Crippen LogP contribution is -2.36. The van der Waals surface area contributed by atoms with E-state index in [0.717, 1.165) is 18.9 Å². The Labute approximate surface area is 137 Å². The summed E-state index contributed by atoms with van der Waals surface area (Å²) in [4.78, 5) is 18.8. The van der Waals surface area contributed by atoms with Gasteiger partial charge in [0.25, 0.3) is 5.91 Å². The molecule has 2 unspecified atom stereocenters. The SMILES string of the molecule is CC1CCCN(c2ccc(C(=O)NC3CCS(=O)(=O)C3)cn2)C1. The van der Waals surface area contributed by atoms with Gasteiger partial charge in [-0.2, -0.15) is 0 Å². The highest BCUT2D eigenvalue weighted by Gasteiger charge is 2.29. The molecule has 3 rings (SSSR count). The molecule has 0 spiro atoms. The third-order valence-corrected chi connectivity index (χ3v) is 6.33. The van der Waals surface area contributed by atoms with Crippen molar-refractivity contribution in [3.63, 3.8) is 0 Å². The molecule has 2 aliphatic heterocycles. The number of hydrogen-bond acceptors (Lipinski definition) is 5. The minimum atomic E-state index is -2.99. The molecule has 0 saturated carbocycles. The van der Waals surface area contributed by atoms with Crippen molar-refractivity contribution >= 4 is 21.6 Å². The number of pyridine rings is 1. The van der Waals surface area contributed by atoms with E-state index in [0.29, 0.717) is 17.9 Å². The lowest BCUT2D eigenvalue weighted by Gasteiger charge is -2.31. The predicted octanol–water partition coefficient (Wildman–Crippen LogP) is 1.23. The minimum absolute atomic E-state index is 0.0376. The Morgan fingerprint density at radius 2 is 2.17 bits per heavy atom. The maximum absolute atomic E-state index is 12.2. The number of sulfone groups is 1. The summed E-state index contributed by atoms with van der Waals surface area (Å²) in [6.07, 6.45) is 4.49. The van der Waals surface area contributed by atoms with Crippen molar-refractivity contribution in [2.24, 2.45) is 5.92 Å². The van der Waals surface area contributed by atoms with Crippen molar-refractivity contribution in [2.45, 2.75) is 32.2 Å². The van der Waals surface area contributed by atoms with E-state index in [4.69, 9.17) is 0 Å². The molecule has 6 nitrogen and oxygen atoms in total. The van der Waals surface area contributed by atoms with Crippen LogP contribution in [0.2, 0.25) is 0 Å². The van der Waals surface area contributed by atoms with E-state index in [-0.39, 0.29) is 23.5 Å². The van der Waals surface area contributed by atoms with Crippen LogP contribution >= 0.6 is 0 Å². The van der Waals surface area contributed by atoms with E-state index in [1.54, 1.807) is 12.3 Å². The van der Waals surface area contributed by atoms with Crippen LogP contribution < -0.4 is 10.2 Å². The van der Waals surface area contributed by atoms with Crippen molar-refractivity contribution in [1.82, 2.24) is 10.3 Å². The average Bonchev–Trinajstić information content (AvgIpc) is 2.86. The molecular weight excluding hydrogens is 314 g/mol. The lowest BCUT2D eigenvalue weighted by molar-refractivity contribution is 0.0941. The predicted molar refractivity (Wildman–Crippen MR) is 89.4 cm³/mol. The molecule has 2 fully saturated rings. The normalized spacial score (nSPS) is 26.9. The fourth-order valence-corrected chi connectivity index (χ4v) is 4.96. The molecule has 1 aromatic rings. The van der Waals surface area contributed by atoms with E-state index < -0.39 is 9.84 Å². The Morgan fingerprint density at radius 3 is 2.78 bits per heavy atom.